The number of carbonyl (C=O) groups excluding carboxylic acids is 2. The maximum Gasteiger partial charge on any atom is 0.255 e. The first-order valence-electron chi connectivity index (χ1n) is 9.49. The molecule has 0 bridgehead atoms. The number of hydrogen-bond acceptors (Lipinski definition) is 3. The minimum absolute atomic E-state index is 0.191. The summed E-state index contributed by atoms with van der Waals surface area (Å²) >= 11 is 5.86. The zero-order valence-electron chi connectivity index (χ0n) is 15.7. The highest BCUT2D eigenvalue weighted by molar-refractivity contribution is 6.30. The van der Waals surface area contributed by atoms with E-state index in [1.165, 1.54) is 4.90 Å². The predicted molar refractivity (Wildman–Crippen MR) is 109 cm³/mol. The molecule has 1 saturated heterocycles. The molecular weight excluding hydrogens is 378 g/mol. The van der Waals surface area contributed by atoms with Gasteiger partial charge in [-0.2, -0.15) is 0 Å². The first-order valence-corrected chi connectivity index (χ1v) is 9.87. The first-order chi connectivity index (χ1) is 13.6. The summed E-state index contributed by atoms with van der Waals surface area (Å²) in [4.78, 5) is 26.5. The summed E-state index contributed by atoms with van der Waals surface area (Å²) in [6.07, 6.45) is 0.903. The van der Waals surface area contributed by atoms with Gasteiger partial charge in [-0.1, -0.05) is 23.7 Å². The van der Waals surface area contributed by atoms with Gasteiger partial charge in [0.15, 0.2) is 0 Å². The molecule has 3 N–H and O–H groups in total. The number of quaternary nitrogens is 1. The highest BCUT2D eigenvalue weighted by Gasteiger charge is 2.15. The molecule has 0 atom stereocenters. The molecule has 7 heteroatoms. The third-order valence-electron chi connectivity index (χ3n) is 4.72. The number of amides is 2. The predicted octanol–water partition coefficient (Wildman–Crippen LogP) is 1.63. The lowest BCUT2D eigenvalue weighted by atomic mass is 10.1. The molecule has 148 valence electrons. The normalized spacial score (nSPS) is 14.5. The van der Waals surface area contributed by atoms with E-state index in [1.807, 2.05) is 0 Å². The van der Waals surface area contributed by atoms with Crippen LogP contribution < -0.4 is 15.5 Å². The number of para-hydroxylation sites is 1. The van der Waals surface area contributed by atoms with E-state index in [4.69, 9.17) is 16.3 Å². The van der Waals surface area contributed by atoms with Crippen LogP contribution in [0, 0.1) is 0 Å². The summed E-state index contributed by atoms with van der Waals surface area (Å²) in [6, 6.07) is 13.6. The van der Waals surface area contributed by atoms with Gasteiger partial charge in [0, 0.05) is 23.6 Å². The Kier molecular flexibility index (Phi) is 7.42. The fourth-order valence-electron chi connectivity index (χ4n) is 3.13. The highest BCUT2D eigenvalue weighted by Crippen LogP contribution is 2.17. The Morgan fingerprint density at radius 2 is 1.71 bits per heavy atom. The second kappa shape index (κ2) is 10.2. The zero-order valence-corrected chi connectivity index (χ0v) is 16.4. The Balaban J connectivity index is 1.54. The van der Waals surface area contributed by atoms with Crippen molar-refractivity contribution in [2.75, 3.05) is 44.7 Å². The van der Waals surface area contributed by atoms with Crippen LogP contribution in [0.4, 0.5) is 5.69 Å². The molecule has 2 amide bonds. The molecule has 0 spiro atoms. The van der Waals surface area contributed by atoms with Crippen LogP contribution in [-0.4, -0.2) is 51.2 Å². The van der Waals surface area contributed by atoms with Crippen molar-refractivity contribution < 1.29 is 19.2 Å². The van der Waals surface area contributed by atoms with Crippen molar-refractivity contribution in [3.05, 3.63) is 64.7 Å². The standard InChI is InChI=1S/C21H24ClN3O3/c22-17-8-6-16(7-9-17)20(26)24-19-5-2-1-4-18(19)21(27)23-10-3-11-25-12-14-28-15-13-25/h1-2,4-9H,3,10-15H2,(H,23,27)(H,24,26)/p+1. The van der Waals surface area contributed by atoms with Gasteiger partial charge in [-0.25, -0.2) is 0 Å². The van der Waals surface area contributed by atoms with Crippen LogP contribution in [0.5, 0.6) is 0 Å². The van der Waals surface area contributed by atoms with Crippen molar-refractivity contribution in [1.82, 2.24) is 5.32 Å². The largest absolute Gasteiger partial charge is 0.370 e. The van der Waals surface area contributed by atoms with Gasteiger partial charge in [-0.15, -0.1) is 0 Å². The topological polar surface area (TPSA) is 71.9 Å². The van der Waals surface area contributed by atoms with E-state index in [-0.39, 0.29) is 11.8 Å². The average Bonchev–Trinajstić information content (AvgIpc) is 2.72. The maximum atomic E-state index is 12.6. The highest BCUT2D eigenvalue weighted by atomic mass is 35.5. The van der Waals surface area contributed by atoms with Crippen molar-refractivity contribution in [3.63, 3.8) is 0 Å². The van der Waals surface area contributed by atoms with E-state index >= 15 is 0 Å². The Hall–Kier alpha value is -2.41. The molecule has 0 saturated carbocycles. The number of nitrogens with one attached hydrogen (secondary N) is 3. The lowest BCUT2D eigenvalue weighted by Gasteiger charge is -2.23. The number of carbonyl (C=O) groups is 2. The summed E-state index contributed by atoms with van der Waals surface area (Å²) < 4.78 is 5.35. The molecule has 6 nitrogen and oxygen atoms in total. The third kappa shape index (κ3) is 5.79. The zero-order chi connectivity index (χ0) is 19.8. The first kappa shape index (κ1) is 20.3. The van der Waals surface area contributed by atoms with Gasteiger partial charge in [0.05, 0.1) is 31.0 Å². The molecule has 0 aromatic heterocycles. The quantitative estimate of drug-likeness (QED) is 0.616. The van der Waals surface area contributed by atoms with Crippen LogP contribution in [0.3, 0.4) is 0 Å². The van der Waals surface area contributed by atoms with Crippen LogP contribution in [0.2, 0.25) is 5.02 Å². The van der Waals surface area contributed by atoms with Crippen LogP contribution in [-0.2, 0) is 4.74 Å². The molecule has 1 heterocycles. The summed E-state index contributed by atoms with van der Waals surface area (Å²) in [5.74, 6) is -0.475. The molecule has 0 aliphatic carbocycles. The van der Waals surface area contributed by atoms with Gasteiger partial charge in [-0.3, -0.25) is 9.59 Å². The van der Waals surface area contributed by atoms with E-state index in [0.29, 0.717) is 28.4 Å². The fraction of sp³-hybridized carbons (Fsp3) is 0.333. The van der Waals surface area contributed by atoms with Gasteiger partial charge < -0.3 is 20.3 Å². The summed E-state index contributed by atoms with van der Waals surface area (Å²) in [7, 11) is 0. The number of ether oxygens (including phenoxy) is 1. The summed E-state index contributed by atoms with van der Waals surface area (Å²) in [6.45, 7) is 5.27. The molecule has 2 aromatic carbocycles. The number of hydrogen-bond donors (Lipinski definition) is 3. The van der Waals surface area contributed by atoms with Crippen molar-refractivity contribution >= 4 is 29.1 Å². The molecule has 0 radical (unpaired) electrons. The number of halogens is 1. The SMILES string of the molecule is O=C(Nc1ccccc1C(=O)NCCC[NH+]1CCOCC1)c1ccc(Cl)cc1. The number of benzene rings is 2. The smallest absolute Gasteiger partial charge is 0.255 e. The minimum Gasteiger partial charge on any atom is -0.370 e. The summed E-state index contributed by atoms with van der Waals surface area (Å²) in [5.41, 5.74) is 1.41. The van der Waals surface area contributed by atoms with Crippen LogP contribution in [0.25, 0.3) is 0 Å². The van der Waals surface area contributed by atoms with Gasteiger partial charge in [-0.05, 0) is 36.4 Å². The third-order valence-corrected chi connectivity index (χ3v) is 4.97. The Morgan fingerprint density at radius 1 is 1.00 bits per heavy atom. The molecule has 2 aromatic rings. The second-order valence-electron chi connectivity index (χ2n) is 6.73. The number of anilines is 1. The molecule has 3 rings (SSSR count). The van der Waals surface area contributed by atoms with Crippen LogP contribution in [0.1, 0.15) is 27.1 Å². The van der Waals surface area contributed by atoms with E-state index < -0.39 is 0 Å². The van der Waals surface area contributed by atoms with Gasteiger partial charge in [0.2, 0.25) is 0 Å². The van der Waals surface area contributed by atoms with E-state index in [1.54, 1.807) is 48.5 Å². The van der Waals surface area contributed by atoms with E-state index in [2.05, 4.69) is 10.6 Å². The fourth-order valence-corrected chi connectivity index (χ4v) is 3.26. The molecule has 1 aliphatic rings. The maximum absolute atomic E-state index is 12.6. The second-order valence-corrected chi connectivity index (χ2v) is 7.16. The van der Waals surface area contributed by atoms with Crippen molar-refractivity contribution in [2.24, 2.45) is 0 Å². The van der Waals surface area contributed by atoms with Crippen molar-refractivity contribution in [1.29, 1.82) is 0 Å². The lowest BCUT2D eigenvalue weighted by molar-refractivity contribution is -0.908. The van der Waals surface area contributed by atoms with Gasteiger partial charge >= 0.3 is 0 Å². The molecular formula is C21H25ClN3O3+. The van der Waals surface area contributed by atoms with Crippen LogP contribution in [0.15, 0.2) is 48.5 Å². The molecule has 1 aliphatic heterocycles. The molecule has 0 unspecified atom stereocenters. The van der Waals surface area contributed by atoms with Crippen LogP contribution >= 0.6 is 11.6 Å². The van der Waals surface area contributed by atoms with Crippen molar-refractivity contribution in [3.8, 4) is 0 Å². The van der Waals surface area contributed by atoms with Crippen molar-refractivity contribution in [2.45, 2.75) is 6.42 Å². The molecule has 28 heavy (non-hydrogen) atoms. The van der Waals surface area contributed by atoms with E-state index in [0.717, 1.165) is 39.3 Å². The Morgan fingerprint density at radius 3 is 2.46 bits per heavy atom. The monoisotopic (exact) mass is 402 g/mol. The Labute approximate surface area is 169 Å². The average molecular weight is 403 g/mol. The summed E-state index contributed by atoms with van der Waals surface area (Å²) in [5, 5.41) is 6.32. The number of morpholine rings is 1. The van der Waals surface area contributed by atoms with E-state index in [9.17, 15) is 9.59 Å². The van der Waals surface area contributed by atoms with Gasteiger partial charge in [0.25, 0.3) is 11.8 Å². The lowest BCUT2D eigenvalue weighted by Crippen LogP contribution is -3.14. The molecule has 1 fully saturated rings. The Bertz CT molecular complexity index is 805. The van der Waals surface area contributed by atoms with Gasteiger partial charge in [0.1, 0.15) is 13.1 Å². The number of rotatable bonds is 7. The minimum atomic E-state index is -0.284.